The number of methoxy groups -OCH3 is 1. The van der Waals surface area contributed by atoms with Crippen LogP contribution in [-0.4, -0.2) is 49.6 Å². The Morgan fingerprint density at radius 3 is 2.10 bits per heavy atom. The molecule has 1 aromatic rings. The van der Waals surface area contributed by atoms with Crippen molar-refractivity contribution in [3.8, 4) is 5.75 Å². The first-order valence-corrected chi connectivity index (χ1v) is 12.4. The number of nitrogens with zero attached hydrogens (tertiary/aromatic N) is 2. The minimum Gasteiger partial charge on any atom is -0.495 e. The number of amides is 2. The maximum absolute atomic E-state index is 13.3. The van der Waals surface area contributed by atoms with Crippen LogP contribution in [0.15, 0.2) is 23.1 Å². The first-order valence-electron chi connectivity index (χ1n) is 11.0. The van der Waals surface area contributed by atoms with E-state index in [1.165, 1.54) is 16.3 Å². The predicted octanol–water partition coefficient (Wildman–Crippen LogP) is 2.94. The topological polar surface area (TPSA) is 84.0 Å². The lowest BCUT2D eigenvalue weighted by Gasteiger charge is -2.22. The molecule has 1 saturated carbocycles. The van der Waals surface area contributed by atoms with Gasteiger partial charge in [-0.05, 0) is 43.4 Å². The van der Waals surface area contributed by atoms with Gasteiger partial charge in [-0.3, -0.25) is 14.5 Å². The highest BCUT2D eigenvalue weighted by atomic mass is 32.2. The molecule has 1 aliphatic carbocycles. The molecule has 8 heteroatoms. The molecule has 2 aliphatic heterocycles. The molecule has 30 heavy (non-hydrogen) atoms. The van der Waals surface area contributed by atoms with Crippen LogP contribution in [0.25, 0.3) is 0 Å². The molecule has 7 nitrogen and oxygen atoms in total. The smallest absolute Gasteiger partial charge is 0.246 e. The fourth-order valence-corrected chi connectivity index (χ4v) is 6.73. The Morgan fingerprint density at radius 2 is 1.53 bits per heavy atom. The van der Waals surface area contributed by atoms with Crippen LogP contribution in [0.5, 0.6) is 5.75 Å². The van der Waals surface area contributed by atoms with Crippen molar-refractivity contribution in [2.45, 2.75) is 62.8 Å². The second kappa shape index (κ2) is 8.67. The van der Waals surface area contributed by atoms with E-state index >= 15 is 0 Å². The molecule has 164 valence electrons. The van der Waals surface area contributed by atoms with Crippen molar-refractivity contribution in [3.63, 3.8) is 0 Å². The number of fused-ring (bicyclic) bond motifs is 1. The Hall–Kier alpha value is -1.93. The van der Waals surface area contributed by atoms with Gasteiger partial charge in [0.05, 0.1) is 25.5 Å². The summed E-state index contributed by atoms with van der Waals surface area (Å²) in [6.45, 7) is 1.11. The zero-order valence-corrected chi connectivity index (χ0v) is 18.3. The maximum atomic E-state index is 13.3. The molecule has 4 rings (SSSR count). The minimum atomic E-state index is -3.71. The molecule has 0 bridgehead atoms. The summed E-state index contributed by atoms with van der Waals surface area (Å²) < 4.78 is 33.6. The van der Waals surface area contributed by atoms with Crippen molar-refractivity contribution in [2.75, 3.05) is 20.2 Å². The number of hydrogen-bond acceptors (Lipinski definition) is 5. The third kappa shape index (κ3) is 3.87. The summed E-state index contributed by atoms with van der Waals surface area (Å²) in [5.74, 6) is -0.347. The SMILES string of the molecule is COc1ccc(CN2C(=O)[C@H]3CCCC[C@H]3C2=O)cc1S(=O)(=O)N1CCCCCC1. The van der Waals surface area contributed by atoms with Gasteiger partial charge in [0.15, 0.2) is 0 Å². The molecule has 2 heterocycles. The van der Waals surface area contributed by atoms with E-state index in [1.54, 1.807) is 18.2 Å². The third-order valence-electron chi connectivity index (χ3n) is 6.68. The lowest BCUT2D eigenvalue weighted by Crippen LogP contribution is -2.33. The Balaban J connectivity index is 1.61. The van der Waals surface area contributed by atoms with Gasteiger partial charge in [-0.25, -0.2) is 8.42 Å². The van der Waals surface area contributed by atoms with Gasteiger partial charge in [-0.2, -0.15) is 4.31 Å². The minimum absolute atomic E-state index is 0.108. The number of hydrogen-bond donors (Lipinski definition) is 0. The van der Waals surface area contributed by atoms with Gasteiger partial charge in [0.2, 0.25) is 21.8 Å². The van der Waals surface area contributed by atoms with Crippen LogP contribution < -0.4 is 4.74 Å². The van der Waals surface area contributed by atoms with E-state index in [-0.39, 0.29) is 40.8 Å². The Kier molecular flexibility index (Phi) is 6.16. The largest absolute Gasteiger partial charge is 0.495 e. The van der Waals surface area contributed by atoms with Crippen molar-refractivity contribution < 1.29 is 22.7 Å². The normalized spacial score (nSPS) is 25.8. The van der Waals surface area contributed by atoms with E-state index in [2.05, 4.69) is 0 Å². The van der Waals surface area contributed by atoms with Crippen LogP contribution in [0.3, 0.4) is 0 Å². The fourth-order valence-electron chi connectivity index (χ4n) is 5.01. The predicted molar refractivity (Wildman–Crippen MR) is 111 cm³/mol. The summed E-state index contributed by atoms with van der Waals surface area (Å²) in [4.78, 5) is 27.0. The molecule has 3 aliphatic rings. The molecule has 3 fully saturated rings. The molecule has 0 spiro atoms. The summed E-state index contributed by atoms with van der Waals surface area (Å²) in [5, 5.41) is 0. The first-order chi connectivity index (χ1) is 14.4. The number of likely N-dealkylation sites (tertiary alicyclic amines) is 1. The van der Waals surface area contributed by atoms with Gasteiger partial charge in [0.25, 0.3) is 0 Å². The van der Waals surface area contributed by atoms with Gasteiger partial charge in [0.1, 0.15) is 10.6 Å². The molecule has 2 amide bonds. The fraction of sp³-hybridized carbons (Fsp3) is 0.636. The zero-order valence-electron chi connectivity index (χ0n) is 17.5. The lowest BCUT2D eigenvalue weighted by atomic mass is 9.81. The second-order valence-corrected chi connectivity index (χ2v) is 10.5. The molecule has 0 radical (unpaired) electrons. The van der Waals surface area contributed by atoms with E-state index in [0.29, 0.717) is 18.7 Å². The number of carbonyl (C=O) groups excluding carboxylic acids is 2. The molecular weight excluding hydrogens is 404 g/mol. The standard InChI is InChI=1S/C22H30N2O5S/c1-29-19-11-10-16(14-20(19)30(27,28)23-12-6-2-3-7-13-23)15-24-21(25)17-8-4-5-9-18(17)22(24)26/h10-11,14,17-18H,2-9,12-13,15H2,1H3/t17-,18+. The van der Waals surface area contributed by atoms with Crippen LogP contribution in [-0.2, 0) is 26.2 Å². The van der Waals surface area contributed by atoms with Crippen molar-refractivity contribution >= 4 is 21.8 Å². The molecule has 0 unspecified atom stereocenters. The zero-order chi connectivity index (χ0) is 21.3. The van der Waals surface area contributed by atoms with Gasteiger partial charge >= 0.3 is 0 Å². The number of rotatable bonds is 5. The number of carbonyl (C=O) groups is 2. The average Bonchev–Trinajstić information content (AvgIpc) is 2.95. The van der Waals surface area contributed by atoms with Crippen molar-refractivity contribution in [1.29, 1.82) is 0 Å². The van der Waals surface area contributed by atoms with Crippen LogP contribution >= 0.6 is 0 Å². The quantitative estimate of drug-likeness (QED) is 0.666. The molecule has 2 atom stereocenters. The van der Waals surface area contributed by atoms with Crippen molar-refractivity contribution in [1.82, 2.24) is 9.21 Å². The Labute approximate surface area is 178 Å². The summed E-state index contributed by atoms with van der Waals surface area (Å²) in [7, 11) is -2.26. The van der Waals surface area contributed by atoms with Crippen LogP contribution in [0, 0.1) is 11.8 Å². The molecular formula is C22H30N2O5S. The van der Waals surface area contributed by atoms with Crippen LogP contribution in [0.2, 0.25) is 0 Å². The van der Waals surface area contributed by atoms with Gasteiger partial charge in [0, 0.05) is 13.1 Å². The van der Waals surface area contributed by atoms with E-state index in [4.69, 9.17) is 4.74 Å². The summed E-state index contributed by atoms with van der Waals surface area (Å²) in [5.41, 5.74) is 0.629. The van der Waals surface area contributed by atoms with Crippen molar-refractivity contribution in [2.24, 2.45) is 11.8 Å². The highest BCUT2D eigenvalue weighted by Gasteiger charge is 2.48. The van der Waals surface area contributed by atoms with E-state index in [9.17, 15) is 18.0 Å². The van der Waals surface area contributed by atoms with E-state index < -0.39 is 10.0 Å². The van der Waals surface area contributed by atoms with Gasteiger partial charge in [-0.15, -0.1) is 0 Å². The van der Waals surface area contributed by atoms with E-state index in [1.807, 2.05) is 0 Å². The van der Waals surface area contributed by atoms with Crippen LogP contribution in [0.4, 0.5) is 0 Å². The summed E-state index contributed by atoms with van der Waals surface area (Å²) >= 11 is 0. The van der Waals surface area contributed by atoms with Crippen LogP contribution in [0.1, 0.15) is 56.9 Å². The number of ether oxygens (including phenoxy) is 1. The Bertz CT molecular complexity index is 897. The summed E-state index contributed by atoms with van der Waals surface area (Å²) in [6.07, 6.45) is 7.26. The molecule has 1 aromatic carbocycles. The molecule has 0 aromatic heterocycles. The molecule has 2 saturated heterocycles. The summed E-state index contributed by atoms with van der Waals surface area (Å²) in [6, 6.07) is 4.93. The lowest BCUT2D eigenvalue weighted by molar-refractivity contribution is -0.140. The number of imide groups is 1. The maximum Gasteiger partial charge on any atom is 0.246 e. The van der Waals surface area contributed by atoms with E-state index in [0.717, 1.165) is 51.4 Å². The highest BCUT2D eigenvalue weighted by Crippen LogP contribution is 2.39. The van der Waals surface area contributed by atoms with Crippen molar-refractivity contribution in [3.05, 3.63) is 23.8 Å². The average molecular weight is 435 g/mol. The Morgan fingerprint density at radius 1 is 0.933 bits per heavy atom. The molecule has 0 N–H and O–H groups in total. The van der Waals surface area contributed by atoms with Gasteiger partial charge in [-0.1, -0.05) is 31.7 Å². The highest BCUT2D eigenvalue weighted by molar-refractivity contribution is 7.89. The first kappa shape index (κ1) is 21.3. The number of sulfonamides is 1. The third-order valence-corrected chi connectivity index (χ3v) is 8.60. The second-order valence-electron chi connectivity index (χ2n) is 8.56. The van der Waals surface area contributed by atoms with Gasteiger partial charge < -0.3 is 4.74 Å². The number of benzene rings is 1. The monoisotopic (exact) mass is 434 g/mol.